The van der Waals surface area contributed by atoms with Gasteiger partial charge in [-0.3, -0.25) is 9.59 Å². The van der Waals surface area contributed by atoms with Crippen molar-refractivity contribution in [3.8, 4) is 0 Å². The summed E-state index contributed by atoms with van der Waals surface area (Å²) in [5.74, 6) is -0.0282. The number of amides is 1. The van der Waals surface area contributed by atoms with Gasteiger partial charge in [0.2, 0.25) is 0 Å². The van der Waals surface area contributed by atoms with E-state index in [9.17, 15) is 9.59 Å². The second kappa shape index (κ2) is 6.35. The van der Waals surface area contributed by atoms with E-state index < -0.39 is 0 Å². The van der Waals surface area contributed by atoms with Gasteiger partial charge in [0.05, 0.1) is 0 Å². The van der Waals surface area contributed by atoms with Gasteiger partial charge in [0.1, 0.15) is 5.69 Å². The normalized spacial score (nSPS) is 12.2. The number of aromatic nitrogens is 1. The summed E-state index contributed by atoms with van der Waals surface area (Å²) in [7, 11) is 1.73. The fourth-order valence-electron chi connectivity index (χ4n) is 1.66. The van der Waals surface area contributed by atoms with E-state index in [0.29, 0.717) is 24.2 Å². The van der Waals surface area contributed by atoms with E-state index in [4.69, 9.17) is 5.11 Å². The van der Waals surface area contributed by atoms with Crippen LogP contribution in [0.4, 0.5) is 0 Å². The van der Waals surface area contributed by atoms with Gasteiger partial charge in [0, 0.05) is 32.0 Å². The summed E-state index contributed by atoms with van der Waals surface area (Å²) in [5, 5.41) is 11.6. The van der Waals surface area contributed by atoms with Crippen LogP contribution in [0.2, 0.25) is 0 Å². The minimum Gasteiger partial charge on any atom is -0.396 e. The van der Waals surface area contributed by atoms with Crippen molar-refractivity contribution in [1.29, 1.82) is 0 Å². The molecule has 1 amide bonds. The van der Waals surface area contributed by atoms with Gasteiger partial charge in [-0.25, -0.2) is 0 Å². The molecule has 100 valence electrons. The summed E-state index contributed by atoms with van der Waals surface area (Å²) in [6, 6.07) is 1.59. The molecule has 0 saturated heterocycles. The van der Waals surface area contributed by atoms with E-state index in [1.165, 1.54) is 6.92 Å². The lowest BCUT2D eigenvalue weighted by Crippen LogP contribution is -2.29. The van der Waals surface area contributed by atoms with E-state index in [0.717, 1.165) is 0 Å². The van der Waals surface area contributed by atoms with Crippen molar-refractivity contribution in [3.05, 3.63) is 23.5 Å². The molecular formula is C13H20N2O3. The molecule has 0 aliphatic rings. The van der Waals surface area contributed by atoms with Crippen molar-refractivity contribution in [2.45, 2.75) is 20.3 Å². The smallest absolute Gasteiger partial charge is 0.267 e. The highest BCUT2D eigenvalue weighted by molar-refractivity contribution is 5.99. The van der Waals surface area contributed by atoms with Crippen LogP contribution < -0.4 is 5.32 Å². The number of aliphatic hydroxyl groups is 1. The molecule has 1 atom stereocenters. The molecule has 0 fully saturated rings. The zero-order valence-electron chi connectivity index (χ0n) is 11.1. The number of hydrogen-bond donors (Lipinski definition) is 2. The van der Waals surface area contributed by atoms with Crippen molar-refractivity contribution in [2.24, 2.45) is 13.0 Å². The summed E-state index contributed by atoms with van der Waals surface area (Å²) in [4.78, 5) is 23.1. The molecule has 1 aromatic heterocycles. The van der Waals surface area contributed by atoms with Gasteiger partial charge in [0.15, 0.2) is 5.78 Å². The number of hydrogen-bond acceptors (Lipinski definition) is 3. The Morgan fingerprint density at radius 2 is 2.17 bits per heavy atom. The zero-order chi connectivity index (χ0) is 13.7. The average Bonchev–Trinajstić information content (AvgIpc) is 2.69. The Bertz CT molecular complexity index is 437. The lowest BCUT2D eigenvalue weighted by atomic mass is 10.1. The summed E-state index contributed by atoms with van der Waals surface area (Å²) >= 11 is 0. The maximum atomic E-state index is 11.9. The number of rotatable bonds is 6. The lowest BCUT2D eigenvalue weighted by molar-refractivity contribution is 0.0937. The number of nitrogens with one attached hydrogen (secondary N) is 1. The SMILES string of the molecule is CC(=O)c1cc(C(=O)NCC(C)CCO)n(C)c1. The highest BCUT2D eigenvalue weighted by atomic mass is 16.3. The molecule has 5 heteroatoms. The van der Waals surface area contributed by atoms with E-state index in [-0.39, 0.29) is 24.2 Å². The average molecular weight is 252 g/mol. The molecule has 0 aromatic carbocycles. The first-order valence-corrected chi connectivity index (χ1v) is 6.02. The molecule has 2 N–H and O–H groups in total. The first kappa shape index (κ1) is 14.4. The van der Waals surface area contributed by atoms with Crippen molar-refractivity contribution in [2.75, 3.05) is 13.2 Å². The predicted octanol–water partition coefficient (Wildman–Crippen LogP) is 0.976. The Hall–Kier alpha value is -1.62. The number of aryl methyl sites for hydroxylation is 1. The molecule has 0 bridgehead atoms. The van der Waals surface area contributed by atoms with Gasteiger partial charge in [-0.15, -0.1) is 0 Å². The second-order valence-corrected chi connectivity index (χ2v) is 4.61. The number of aliphatic hydroxyl groups excluding tert-OH is 1. The minimum atomic E-state index is -0.199. The highest BCUT2D eigenvalue weighted by Crippen LogP contribution is 2.08. The van der Waals surface area contributed by atoms with Gasteiger partial charge in [-0.2, -0.15) is 0 Å². The largest absolute Gasteiger partial charge is 0.396 e. The number of carbonyl (C=O) groups is 2. The monoisotopic (exact) mass is 252 g/mol. The Balaban J connectivity index is 2.64. The Kier molecular flexibility index (Phi) is 5.09. The Morgan fingerprint density at radius 1 is 1.50 bits per heavy atom. The van der Waals surface area contributed by atoms with E-state index in [2.05, 4.69) is 5.32 Å². The van der Waals surface area contributed by atoms with Crippen LogP contribution in [-0.4, -0.2) is 34.5 Å². The van der Waals surface area contributed by atoms with Crippen LogP contribution in [-0.2, 0) is 7.05 Å². The predicted molar refractivity (Wildman–Crippen MR) is 68.6 cm³/mol. The number of nitrogens with zero attached hydrogens (tertiary/aromatic N) is 1. The Morgan fingerprint density at radius 3 is 2.67 bits per heavy atom. The second-order valence-electron chi connectivity index (χ2n) is 4.61. The summed E-state index contributed by atoms with van der Waals surface area (Å²) in [6.07, 6.45) is 2.31. The third-order valence-corrected chi connectivity index (χ3v) is 2.88. The molecule has 0 saturated carbocycles. The fourth-order valence-corrected chi connectivity index (χ4v) is 1.66. The number of carbonyl (C=O) groups excluding carboxylic acids is 2. The van der Waals surface area contributed by atoms with Crippen LogP contribution in [0.15, 0.2) is 12.3 Å². The molecule has 0 aliphatic heterocycles. The van der Waals surface area contributed by atoms with Crippen molar-refractivity contribution in [1.82, 2.24) is 9.88 Å². The minimum absolute atomic E-state index is 0.0571. The van der Waals surface area contributed by atoms with Crippen LogP contribution in [0.3, 0.4) is 0 Å². The zero-order valence-corrected chi connectivity index (χ0v) is 11.1. The maximum absolute atomic E-state index is 11.9. The van der Waals surface area contributed by atoms with Gasteiger partial charge < -0.3 is 15.0 Å². The van der Waals surface area contributed by atoms with Crippen LogP contribution in [0.5, 0.6) is 0 Å². The Labute approximate surface area is 107 Å². The van der Waals surface area contributed by atoms with Crippen LogP contribution in [0, 0.1) is 5.92 Å². The number of Topliss-reactive ketones (excluding diaryl/α,β-unsaturated/α-hetero) is 1. The van der Waals surface area contributed by atoms with Crippen LogP contribution in [0.25, 0.3) is 0 Å². The molecule has 5 nitrogen and oxygen atoms in total. The van der Waals surface area contributed by atoms with Crippen LogP contribution >= 0.6 is 0 Å². The third kappa shape index (κ3) is 3.70. The van der Waals surface area contributed by atoms with Crippen molar-refractivity contribution >= 4 is 11.7 Å². The van der Waals surface area contributed by atoms with Gasteiger partial charge in [0.25, 0.3) is 5.91 Å². The molecule has 1 heterocycles. The van der Waals surface area contributed by atoms with Gasteiger partial charge in [-0.1, -0.05) is 6.92 Å². The summed E-state index contributed by atoms with van der Waals surface area (Å²) < 4.78 is 1.64. The highest BCUT2D eigenvalue weighted by Gasteiger charge is 2.14. The molecular weight excluding hydrogens is 232 g/mol. The van der Waals surface area contributed by atoms with Crippen molar-refractivity contribution < 1.29 is 14.7 Å². The molecule has 0 radical (unpaired) electrons. The van der Waals surface area contributed by atoms with E-state index in [1.807, 2.05) is 6.92 Å². The molecule has 0 spiro atoms. The third-order valence-electron chi connectivity index (χ3n) is 2.88. The fraction of sp³-hybridized carbons (Fsp3) is 0.538. The molecule has 1 rings (SSSR count). The molecule has 0 aliphatic carbocycles. The lowest BCUT2D eigenvalue weighted by Gasteiger charge is -2.11. The van der Waals surface area contributed by atoms with Crippen LogP contribution in [0.1, 0.15) is 41.1 Å². The first-order valence-electron chi connectivity index (χ1n) is 6.02. The standard InChI is InChI=1S/C13H20N2O3/c1-9(4-5-16)7-14-13(18)12-6-11(10(2)17)8-15(12)3/h6,8-9,16H,4-5,7H2,1-3H3,(H,14,18). The van der Waals surface area contributed by atoms with Gasteiger partial charge >= 0.3 is 0 Å². The quantitative estimate of drug-likeness (QED) is 0.741. The number of ketones is 1. The molecule has 18 heavy (non-hydrogen) atoms. The topological polar surface area (TPSA) is 71.3 Å². The van der Waals surface area contributed by atoms with E-state index >= 15 is 0 Å². The van der Waals surface area contributed by atoms with Gasteiger partial charge in [-0.05, 0) is 25.3 Å². The summed E-state index contributed by atoms with van der Waals surface area (Å²) in [5.41, 5.74) is 1.00. The maximum Gasteiger partial charge on any atom is 0.267 e. The van der Waals surface area contributed by atoms with E-state index in [1.54, 1.807) is 23.9 Å². The molecule has 1 unspecified atom stereocenters. The van der Waals surface area contributed by atoms with Crippen molar-refractivity contribution in [3.63, 3.8) is 0 Å². The first-order chi connectivity index (χ1) is 8.45. The molecule has 1 aromatic rings. The summed E-state index contributed by atoms with van der Waals surface area (Å²) in [6.45, 7) is 4.07.